The van der Waals surface area contributed by atoms with Gasteiger partial charge in [-0.25, -0.2) is 0 Å². The lowest BCUT2D eigenvalue weighted by Crippen LogP contribution is -2.07. The average Bonchev–Trinajstić information content (AvgIpc) is 2.54. The Morgan fingerprint density at radius 2 is 1.95 bits per heavy atom. The van der Waals surface area contributed by atoms with Crippen molar-refractivity contribution < 1.29 is 12.7 Å². The van der Waals surface area contributed by atoms with Gasteiger partial charge in [-0.1, -0.05) is 43.6 Å². The molecule has 0 aliphatic heterocycles. The minimum absolute atomic E-state index is 0.0209. The van der Waals surface area contributed by atoms with Crippen LogP contribution in [0.4, 0.5) is 0 Å². The number of nitriles is 1. The highest BCUT2D eigenvalue weighted by Gasteiger charge is 2.15. The molecule has 1 rings (SSSR count). The normalized spacial score (nSPS) is 13.4. The summed E-state index contributed by atoms with van der Waals surface area (Å²) < 4.78 is 28.7. The average molecular weight is 322 g/mol. The molecule has 0 aliphatic carbocycles. The molecular weight excluding hydrogens is 300 g/mol. The Balaban J connectivity index is 2.68. The molecular formula is C16H22N2O3S. The zero-order chi connectivity index (χ0) is 16.4. The van der Waals surface area contributed by atoms with Gasteiger partial charge in [-0.05, 0) is 37.8 Å². The van der Waals surface area contributed by atoms with Crippen LogP contribution in [0.2, 0.25) is 0 Å². The van der Waals surface area contributed by atoms with Crippen molar-refractivity contribution in [3.63, 3.8) is 0 Å². The maximum Gasteiger partial charge on any atom is 0.358 e. The summed E-state index contributed by atoms with van der Waals surface area (Å²) in [7, 11) is -3.87. The second-order valence-electron chi connectivity index (χ2n) is 5.01. The highest BCUT2D eigenvalue weighted by Crippen LogP contribution is 2.16. The SMILES string of the molecule is CCCC(C#N)CC/C(CC)=N/OS(=O)(=O)c1ccccc1. The molecule has 22 heavy (non-hydrogen) atoms. The van der Waals surface area contributed by atoms with E-state index in [-0.39, 0.29) is 10.8 Å². The van der Waals surface area contributed by atoms with Gasteiger partial charge in [0.15, 0.2) is 0 Å². The first kappa shape index (κ1) is 18.2. The fourth-order valence-corrected chi connectivity index (χ4v) is 2.76. The predicted molar refractivity (Wildman–Crippen MR) is 85.7 cm³/mol. The van der Waals surface area contributed by atoms with Crippen molar-refractivity contribution in [2.45, 2.75) is 50.8 Å². The summed E-state index contributed by atoms with van der Waals surface area (Å²) >= 11 is 0. The fraction of sp³-hybridized carbons (Fsp3) is 0.500. The van der Waals surface area contributed by atoms with Crippen LogP contribution in [0.3, 0.4) is 0 Å². The molecule has 0 spiro atoms. The highest BCUT2D eigenvalue weighted by atomic mass is 32.2. The molecule has 5 nitrogen and oxygen atoms in total. The molecule has 1 aromatic rings. The smallest absolute Gasteiger partial charge is 0.265 e. The van der Waals surface area contributed by atoms with E-state index in [2.05, 4.69) is 11.2 Å². The van der Waals surface area contributed by atoms with Crippen LogP contribution in [-0.4, -0.2) is 14.1 Å². The molecule has 6 heteroatoms. The minimum Gasteiger partial charge on any atom is -0.265 e. The first-order valence-corrected chi connectivity index (χ1v) is 8.88. The molecule has 0 bridgehead atoms. The maximum absolute atomic E-state index is 12.0. The molecule has 0 fully saturated rings. The second kappa shape index (κ2) is 9.21. The van der Waals surface area contributed by atoms with E-state index in [0.717, 1.165) is 12.8 Å². The molecule has 0 aromatic heterocycles. The third-order valence-electron chi connectivity index (χ3n) is 3.31. The molecule has 0 heterocycles. The first-order chi connectivity index (χ1) is 10.5. The van der Waals surface area contributed by atoms with E-state index in [1.807, 2.05) is 13.8 Å². The Morgan fingerprint density at radius 3 is 2.50 bits per heavy atom. The molecule has 1 atom stereocenters. The Labute approximate surface area is 132 Å². The molecule has 0 radical (unpaired) electrons. The van der Waals surface area contributed by atoms with Gasteiger partial charge in [-0.15, -0.1) is 0 Å². The van der Waals surface area contributed by atoms with Gasteiger partial charge in [0.25, 0.3) is 0 Å². The molecule has 0 saturated heterocycles. The lowest BCUT2D eigenvalue weighted by atomic mass is 9.97. The number of hydrogen-bond acceptors (Lipinski definition) is 5. The van der Waals surface area contributed by atoms with Crippen LogP contribution in [0.15, 0.2) is 40.4 Å². The molecule has 1 unspecified atom stereocenters. The van der Waals surface area contributed by atoms with Crippen LogP contribution in [0, 0.1) is 17.2 Å². The Morgan fingerprint density at radius 1 is 1.27 bits per heavy atom. The second-order valence-corrected chi connectivity index (χ2v) is 6.53. The zero-order valence-electron chi connectivity index (χ0n) is 13.0. The molecule has 120 valence electrons. The maximum atomic E-state index is 12.0. The van der Waals surface area contributed by atoms with Gasteiger partial charge < -0.3 is 0 Å². The summed E-state index contributed by atoms with van der Waals surface area (Å²) in [5.74, 6) is -0.0209. The zero-order valence-corrected chi connectivity index (χ0v) is 13.8. The van der Waals surface area contributed by atoms with Gasteiger partial charge in [0.2, 0.25) is 0 Å². The number of rotatable bonds is 9. The van der Waals surface area contributed by atoms with Gasteiger partial charge in [-0.2, -0.15) is 13.7 Å². The van der Waals surface area contributed by atoms with Crippen molar-refractivity contribution in [2.75, 3.05) is 0 Å². The van der Waals surface area contributed by atoms with E-state index in [1.165, 1.54) is 12.1 Å². The monoisotopic (exact) mass is 322 g/mol. The molecule has 0 amide bonds. The van der Waals surface area contributed by atoms with Gasteiger partial charge in [0.1, 0.15) is 4.90 Å². The molecule has 0 N–H and O–H groups in total. The van der Waals surface area contributed by atoms with Gasteiger partial charge in [0, 0.05) is 5.92 Å². The Bertz CT molecular complexity index is 619. The predicted octanol–water partition coefficient (Wildman–Crippen LogP) is 3.88. The summed E-state index contributed by atoms with van der Waals surface area (Å²) in [6.45, 7) is 3.92. The lowest BCUT2D eigenvalue weighted by Gasteiger charge is -2.08. The summed E-state index contributed by atoms with van der Waals surface area (Å²) in [4.78, 5) is 0.0788. The lowest BCUT2D eigenvalue weighted by molar-refractivity contribution is 0.336. The van der Waals surface area contributed by atoms with Crippen LogP contribution < -0.4 is 0 Å². The van der Waals surface area contributed by atoms with E-state index in [1.54, 1.807) is 18.2 Å². The first-order valence-electron chi connectivity index (χ1n) is 7.47. The molecule has 1 aromatic carbocycles. The van der Waals surface area contributed by atoms with Crippen LogP contribution >= 0.6 is 0 Å². The summed E-state index contributed by atoms with van der Waals surface area (Å²) in [6, 6.07) is 10.2. The Hall–Kier alpha value is -1.87. The molecule has 0 aliphatic rings. The van der Waals surface area contributed by atoms with E-state index >= 15 is 0 Å². The fourth-order valence-electron chi connectivity index (χ4n) is 1.98. The number of hydrogen-bond donors (Lipinski definition) is 0. The highest BCUT2D eigenvalue weighted by molar-refractivity contribution is 7.86. The summed E-state index contributed by atoms with van der Waals surface area (Å²) in [5.41, 5.74) is 0.649. The summed E-state index contributed by atoms with van der Waals surface area (Å²) in [5, 5.41) is 12.8. The summed E-state index contributed by atoms with van der Waals surface area (Å²) in [6.07, 6.45) is 3.63. The third kappa shape index (κ3) is 5.86. The van der Waals surface area contributed by atoms with Gasteiger partial charge in [0.05, 0.1) is 11.8 Å². The van der Waals surface area contributed by atoms with Crippen molar-refractivity contribution in [1.82, 2.24) is 0 Å². The van der Waals surface area contributed by atoms with Gasteiger partial charge in [-0.3, -0.25) is 4.28 Å². The van der Waals surface area contributed by atoms with Crippen LogP contribution in [0.1, 0.15) is 46.0 Å². The minimum atomic E-state index is -3.87. The van der Waals surface area contributed by atoms with Crippen molar-refractivity contribution in [1.29, 1.82) is 5.26 Å². The van der Waals surface area contributed by atoms with Crippen LogP contribution in [0.5, 0.6) is 0 Å². The topological polar surface area (TPSA) is 79.5 Å². The third-order valence-corrected chi connectivity index (χ3v) is 4.43. The van der Waals surface area contributed by atoms with Crippen molar-refractivity contribution in [2.24, 2.45) is 11.1 Å². The standard InChI is InChI=1S/C16H22N2O3S/c1-3-8-14(13-17)11-12-15(4-2)18-21-22(19,20)16-9-6-5-7-10-16/h5-7,9-10,14H,3-4,8,11-12H2,1-2H3/b18-15+. The van der Waals surface area contributed by atoms with Crippen molar-refractivity contribution in [3.05, 3.63) is 30.3 Å². The van der Waals surface area contributed by atoms with Crippen molar-refractivity contribution >= 4 is 15.8 Å². The number of oxime groups is 1. The van der Waals surface area contributed by atoms with E-state index in [0.29, 0.717) is 25.0 Å². The molecule has 0 saturated carbocycles. The van der Waals surface area contributed by atoms with E-state index in [9.17, 15) is 8.42 Å². The quantitative estimate of drug-likeness (QED) is 0.510. The van der Waals surface area contributed by atoms with Crippen LogP contribution in [-0.2, 0) is 14.4 Å². The number of benzene rings is 1. The number of nitrogens with zero attached hydrogens (tertiary/aromatic N) is 2. The van der Waals surface area contributed by atoms with E-state index < -0.39 is 10.1 Å². The van der Waals surface area contributed by atoms with Gasteiger partial charge >= 0.3 is 10.1 Å². The van der Waals surface area contributed by atoms with E-state index in [4.69, 9.17) is 9.55 Å². The largest absolute Gasteiger partial charge is 0.358 e. The van der Waals surface area contributed by atoms with Crippen molar-refractivity contribution in [3.8, 4) is 6.07 Å². The Kier molecular flexibility index (Phi) is 7.61. The van der Waals surface area contributed by atoms with Crippen LogP contribution in [0.25, 0.3) is 0 Å².